The molecule has 2 aliphatic carbocycles. The van der Waals surface area contributed by atoms with E-state index in [1.807, 2.05) is 31.2 Å². The van der Waals surface area contributed by atoms with E-state index < -0.39 is 29.9 Å². The Morgan fingerprint density at radius 1 is 1.24 bits per heavy atom. The maximum Gasteiger partial charge on any atom is 0.325 e. The Kier molecular flexibility index (Phi) is 5.02. The van der Waals surface area contributed by atoms with E-state index in [9.17, 15) is 19.2 Å². The van der Waals surface area contributed by atoms with E-state index in [0.717, 1.165) is 28.9 Å². The Morgan fingerprint density at radius 2 is 2.00 bits per heavy atom. The van der Waals surface area contributed by atoms with Gasteiger partial charge >= 0.3 is 6.03 Å². The zero-order chi connectivity index (χ0) is 20.6. The van der Waals surface area contributed by atoms with Gasteiger partial charge in [-0.2, -0.15) is 0 Å². The van der Waals surface area contributed by atoms with E-state index in [1.165, 1.54) is 6.42 Å². The molecule has 1 saturated carbocycles. The minimum atomic E-state index is -1.08. The van der Waals surface area contributed by atoms with Gasteiger partial charge in [0.1, 0.15) is 12.1 Å². The van der Waals surface area contributed by atoms with Crippen molar-refractivity contribution in [2.45, 2.75) is 50.6 Å². The third-order valence-corrected chi connectivity index (χ3v) is 6.42. The fourth-order valence-corrected chi connectivity index (χ4v) is 4.47. The Balaban J connectivity index is 1.32. The topological polar surface area (TPSA) is 108 Å². The van der Waals surface area contributed by atoms with Gasteiger partial charge in [-0.1, -0.05) is 30.7 Å². The van der Waals surface area contributed by atoms with Gasteiger partial charge in [0.05, 0.1) is 6.54 Å². The molecule has 1 aromatic rings. The number of hydrogen-bond acceptors (Lipinski definition) is 4. The molecule has 2 atom stereocenters. The maximum absolute atomic E-state index is 13.0. The monoisotopic (exact) mass is 398 g/mol. The molecule has 1 aliphatic heterocycles. The van der Waals surface area contributed by atoms with E-state index >= 15 is 0 Å². The predicted molar refractivity (Wildman–Crippen MR) is 105 cm³/mol. The van der Waals surface area contributed by atoms with Crippen molar-refractivity contribution in [3.05, 3.63) is 35.4 Å². The summed E-state index contributed by atoms with van der Waals surface area (Å²) in [7, 11) is 0. The highest BCUT2D eigenvalue weighted by Crippen LogP contribution is 2.41. The van der Waals surface area contributed by atoms with Crippen LogP contribution in [-0.2, 0) is 26.3 Å². The largest absolute Gasteiger partial charge is 0.352 e. The van der Waals surface area contributed by atoms with Crippen LogP contribution in [0.15, 0.2) is 24.3 Å². The highest BCUT2D eigenvalue weighted by atomic mass is 16.2. The third-order valence-electron chi connectivity index (χ3n) is 6.42. The molecule has 1 aromatic carbocycles. The Labute approximate surface area is 169 Å². The van der Waals surface area contributed by atoms with Crippen molar-refractivity contribution in [1.82, 2.24) is 20.9 Å². The number of nitrogens with zero attached hydrogens (tertiary/aromatic N) is 1. The maximum atomic E-state index is 13.0. The van der Waals surface area contributed by atoms with E-state index in [2.05, 4.69) is 16.0 Å². The van der Waals surface area contributed by atoms with Crippen LogP contribution < -0.4 is 16.0 Å². The van der Waals surface area contributed by atoms with Gasteiger partial charge in [-0.15, -0.1) is 0 Å². The molecule has 1 heterocycles. The molecule has 0 radical (unpaired) electrons. The number of rotatable bonds is 6. The van der Waals surface area contributed by atoms with Crippen molar-refractivity contribution >= 4 is 23.8 Å². The molecule has 1 spiro atoms. The first-order valence-corrected chi connectivity index (χ1v) is 10.2. The molecule has 2 fully saturated rings. The number of urea groups is 1. The number of fused-ring (bicyclic) bond motifs is 2. The SMILES string of the molecule is C[C@H](NC(=O)CNC(=O)CN1C(=O)N[C@@]2(CCc3ccccc32)C1=O)C1CCC1. The molecule has 29 heavy (non-hydrogen) atoms. The lowest BCUT2D eigenvalue weighted by molar-refractivity contribution is -0.135. The second kappa shape index (κ2) is 7.50. The van der Waals surface area contributed by atoms with Gasteiger partial charge in [0.15, 0.2) is 0 Å². The number of carbonyl (C=O) groups excluding carboxylic acids is 4. The van der Waals surface area contributed by atoms with Crippen molar-refractivity contribution < 1.29 is 19.2 Å². The zero-order valence-corrected chi connectivity index (χ0v) is 16.5. The van der Waals surface area contributed by atoms with Gasteiger partial charge in [0, 0.05) is 6.04 Å². The van der Waals surface area contributed by atoms with Crippen molar-refractivity contribution in [3.8, 4) is 0 Å². The van der Waals surface area contributed by atoms with Crippen LogP contribution in [0.4, 0.5) is 4.79 Å². The van der Waals surface area contributed by atoms with Gasteiger partial charge in [-0.05, 0) is 49.7 Å². The van der Waals surface area contributed by atoms with Crippen LogP contribution >= 0.6 is 0 Å². The molecular formula is C21H26N4O4. The summed E-state index contributed by atoms with van der Waals surface area (Å²) in [6.45, 7) is 1.39. The number of nitrogens with one attached hydrogen (secondary N) is 3. The smallest absolute Gasteiger partial charge is 0.325 e. The molecular weight excluding hydrogens is 372 g/mol. The molecule has 8 heteroatoms. The quantitative estimate of drug-likeness (QED) is 0.616. The van der Waals surface area contributed by atoms with E-state index in [4.69, 9.17) is 0 Å². The first-order chi connectivity index (χ1) is 13.9. The predicted octanol–water partition coefficient (Wildman–Crippen LogP) is 0.801. The van der Waals surface area contributed by atoms with Gasteiger partial charge in [-0.3, -0.25) is 19.3 Å². The first kappa shape index (κ1) is 19.4. The fourth-order valence-electron chi connectivity index (χ4n) is 4.47. The number of benzene rings is 1. The molecule has 5 amide bonds. The Bertz CT molecular complexity index is 866. The number of amides is 5. The standard InChI is InChI=1S/C21H26N4O4/c1-13(14-6-4-7-14)23-17(26)11-22-18(27)12-25-19(28)21(24-20(25)29)10-9-15-5-2-3-8-16(15)21/h2-3,5,8,13-14H,4,6-7,9-12H2,1H3,(H,22,27)(H,23,26)(H,24,29)/t13-,21+/m0/s1. The van der Waals surface area contributed by atoms with Crippen LogP contribution in [0, 0.1) is 5.92 Å². The normalized spacial score (nSPS) is 24.1. The average molecular weight is 398 g/mol. The number of aryl methyl sites for hydroxylation is 1. The van der Waals surface area contributed by atoms with Crippen LogP contribution in [0.2, 0.25) is 0 Å². The summed E-state index contributed by atoms with van der Waals surface area (Å²) in [4.78, 5) is 50.7. The van der Waals surface area contributed by atoms with Gasteiger partial charge in [0.2, 0.25) is 11.8 Å². The highest BCUT2D eigenvalue weighted by molar-refractivity contribution is 6.10. The molecule has 0 unspecified atom stereocenters. The lowest BCUT2D eigenvalue weighted by Crippen LogP contribution is -2.47. The summed E-state index contributed by atoms with van der Waals surface area (Å²) in [6.07, 6.45) is 4.60. The molecule has 4 rings (SSSR count). The minimum Gasteiger partial charge on any atom is -0.352 e. The zero-order valence-electron chi connectivity index (χ0n) is 16.5. The van der Waals surface area contributed by atoms with Crippen molar-refractivity contribution in [3.63, 3.8) is 0 Å². The fraction of sp³-hybridized carbons (Fsp3) is 0.524. The number of imide groups is 1. The summed E-state index contributed by atoms with van der Waals surface area (Å²) in [5, 5.41) is 8.17. The van der Waals surface area contributed by atoms with E-state index in [-0.39, 0.29) is 18.5 Å². The van der Waals surface area contributed by atoms with E-state index in [1.54, 1.807) is 0 Å². The van der Waals surface area contributed by atoms with Crippen molar-refractivity contribution in [1.29, 1.82) is 0 Å². The second-order valence-corrected chi connectivity index (χ2v) is 8.21. The second-order valence-electron chi connectivity index (χ2n) is 8.21. The Hall–Kier alpha value is -2.90. The van der Waals surface area contributed by atoms with Crippen LogP contribution in [-0.4, -0.2) is 47.8 Å². The summed E-state index contributed by atoms with van der Waals surface area (Å²) in [5.74, 6) is -0.712. The molecule has 154 valence electrons. The third kappa shape index (κ3) is 3.47. The van der Waals surface area contributed by atoms with Crippen LogP contribution in [0.3, 0.4) is 0 Å². The van der Waals surface area contributed by atoms with Crippen molar-refractivity contribution in [2.24, 2.45) is 5.92 Å². The number of hydrogen-bond donors (Lipinski definition) is 3. The van der Waals surface area contributed by atoms with Gasteiger partial charge in [0.25, 0.3) is 5.91 Å². The summed E-state index contributed by atoms with van der Waals surface area (Å²) < 4.78 is 0. The van der Waals surface area contributed by atoms with Gasteiger partial charge in [-0.25, -0.2) is 4.79 Å². The lowest BCUT2D eigenvalue weighted by Gasteiger charge is -2.31. The first-order valence-electron chi connectivity index (χ1n) is 10.2. The molecule has 0 aromatic heterocycles. The molecule has 1 saturated heterocycles. The van der Waals surface area contributed by atoms with Crippen LogP contribution in [0.1, 0.15) is 43.7 Å². The molecule has 3 N–H and O–H groups in total. The average Bonchev–Trinajstić information content (AvgIpc) is 3.12. The summed E-state index contributed by atoms with van der Waals surface area (Å²) >= 11 is 0. The summed E-state index contributed by atoms with van der Waals surface area (Å²) in [5.41, 5.74) is 0.749. The van der Waals surface area contributed by atoms with E-state index in [0.29, 0.717) is 18.8 Å². The molecule has 8 nitrogen and oxygen atoms in total. The molecule has 3 aliphatic rings. The van der Waals surface area contributed by atoms with Crippen LogP contribution in [0.5, 0.6) is 0 Å². The molecule has 0 bridgehead atoms. The highest BCUT2D eigenvalue weighted by Gasteiger charge is 2.55. The summed E-state index contributed by atoms with van der Waals surface area (Å²) in [6, 6.07) is 7.04. The van der Waals surface area contributed by atoms with Crippen LogP contribution in [0.25, 0.3) is 0 Å². The minimum absolute atomic E-state index is 0.0846. The lowest BCUT2D eigenvalue weighted by atomic mass is 9.80. The van der Waals surface area contributed by atoms with Crippen molar-refractivity contribution in [2.75, 3.05) is 13.1 Å². The van der Waals surface area contributed by atoms with Gasteiger partial charge < -0.3 is 16.0 Å². The number of carbonyl (C=O) groups is 4. The Morgan fingerprint density at radius 3 is 2.72 bits per heavy atom.